The van der Waals surface area contributed by atoms with E-state index in [4.69, 9.17) is 0 Å². The Morgan fingerprint density at radius 1 is 1.00 bits per heavy atom. The van der Waals surface area contributed by atoms with Crippen molar-refractivity contribution in [2.24, 2.45) is 4.99 Å². The fourth-order valence-electron chi connectivity index (χ4n) is 2.63. The molecule has 1 aromatic rings. The smallest absolute Gasteiger partial charge is 0.191 e. The highest BCUT2D eigenvalue weighted by Crippen LogP contribution is 2.13. The van der Waals surface area contributed by atoms with Crippen molar-refractivity contribution in [1.82, 2.24) is 15.5 Å². The molecule has 0 aliphatic carbocycles. The van der Waals surface area contributed by atoms with Crippen molar-refractivity contribution in [1.29, 1.82) is 0 Å². The van der Waals surface area contributed by atoms with E-state index in [0.717, 1.165) is 32.1 Å². The Morgan fingerprint density at radius 2 is 1.57 bits per heavy atom. The zero-order valence-corrected chi connectivity index (χ0v) is 13.4. The van der Waals surface area contributed by atoms with E-state index in [1.807, 2.05) is 0 Å². The van der Waals surface area contributed by atoms with Gasteiger partial charge >= 0.3 is 0 Å². The second-order valence-corrected chi connectivity index (χ2v) is 5.53. The molecule has 1 heterocycles. The van der Waals surface area contributed by atoms with Crippen molar-refractivity contribution in [2.75, 3.05) is 26.2 Å². The van der Waals surface area contributed by atoms with Crippen LogP contribution in [-0.2, 0) is 13.1 Å². The van der Waals surface area contributed by atoms with Crippen LogP contribution >= 0.6 is 0 Å². The monoisotopic (exact) mass is 288 g/mol. The molecule has 4 heteroatoms. The molecule has 2 rings (SSSR count). The van der Waals surface area contributed by atoms with E-state index < -0.39 is 0 Å². The summed E-state index contributed by atoms with van der Waals surface area (Å²) in [6, 6.07) is 8.88. The molecule has 21 heavy (non-hydrogen) atoms. The van der Waals surface area contributed by atoms with Gasteiger partial charge in [-0.2, -0.15) is 0 Å². The Balaban J connectivity index is 1.87. The summed E-state index contributed by atoms with van der Waals surface area (Å²) >= 11 is 0. The van der Waals surface area contributed by atoms with Crippen LogP contribution < -0.4 is 10.6 Å². The van der Waals surface area contributed by atoms with Gasteiger partial charge in [0.25, 0.3) is 0 Å². The van der Waals surface area contributed by atoms with Gasteiger partial charge in [-0.25, -0.2) is 4.99 Å². The van der Waals surface area contributed by atoms with Crippen LogP contribution in [0.15, 0.2) is 29.3 Å². The Hall–Kier alpha value is -1.55. The Bertz CT molecular complexity index is 425. The maximum absolute atomic E-state index is 4.59. The van der Waals surface area contributed by atoms with Crippen molar-refractivity contribution in [2.45, 2.75) is 39.8 Å². The van der Waals surface area contributed by atoms with E-state index in [9.17, 15) is 0 Å². The summed E-state index contributed by atoms with van der Waals surface area (Å²) in [6.07, 6.45) is 2.70. The zero-order chi connectivity index (χ0) is 14.9. The minimum absolute atomic E-state index is 0.722. The van der Waals surface area contributed by atoms with Gasteiger partial charge in [0, 0.05) is 19.6 Å². The molecule has 1 aliphatic rings. The highest BCUT2D eigenvalue weighted by molar-refractivity contribution is 5.79. The largest absolute Gasteiger partial charge is 0.357 e. The van der Waals surface area contributed by atoms with Gasteiger partial charge in [-0.3, -0.25) is 4.90 Å². The quantitative estimate of drug-likeness (QED) is 0.623. The molecule has 0 saturated carbocycles. The lowest BCUT2D eigenvalue weighted by molar-refractivity contribution is 0.331. The van der Waals surface area contributed by atoms with E-state index in [-0.39, 0.29) is 0 Å². The number of rotatable bonds is 6. The van der Waals surface area contributed by atoms with Gasteiger partial charge in [0.05, 0.1) is 6.54 Å². The molecular weight excluding hydrogens is 260 g/mol. The van der Waals surface area contributed by atoms with Crippen LogP contribution in [0, 0.1) is 0 Å². The summed E-state index contributed by atoms with van der Waals surface area (Å²) in [5.41, 5.74) is 2.66. The first-order chi connectivity index (χ1) is 10.3. The van der Waals surface area contributed by atoms with Crippen molar-refractivity contribution in [3.05, 3.63) is 35.4 Å². The standard InChI is InChI=1S/C17H28N4/c1-3-18-17(19-4-2)20-13-15-7-9-16(10-8-15)14-21-11-5-6-12-21/h7-10H,3-6,11-14H2,1-2H3,(H2,18,19,20). The molecule has 1 aliphatic heterocycles. The zero-order valence-electron chi connectivity index (χ0n) is 13.4. The SMILES string of the molecule is CCNC(=NCc1ccc(CN2CCCC2)cc1)NCC. The molecule has 0 unspecified atom stereocenters. The summed E-state index contributed by atoms with van der Waals surface area (Å²) < 4.78 is 0. The van der Waals surface area contributed by atoms with E-state index in [0.29, 0.717) is 0 Å². The first-order valence-corrected chi connectivity index (χ1v) is 8.14. The van der Waals surface area contributed by atoms with Crippen LogP contribution in [0.1, 0.15) is 37.8 Å². The van der Waals surface area contributed by atoms with Crippen LogP contribution in [-0.4, -0.2) is 37.0 Å². The topological polar surface area (TPSA) is 39.7 Å². The fraction of sp³-hybridized carbons (Fsp3) is 0.588. The van der Waals surface area contributed by atoms with Crippen molar-refractivity contribution < 1.29 is 0 Å². The average molecular weight is 288 g/mol. The lowest BCUT2D eigenvalue weighted by Crippen LogP contribution is -2.36. The number of likely N-dealkylation sites (tertiary alicyclic amines) is 1. The number of hydrogen-bond acceptors (Lipinski definition) is 2. The first kappa shape index (κ1) is 15.8. The predicted octanol–water partition coefficient (Wildman–Crippen LogP) is 2.36. The Morgan fingerprint density at radius 3 is 2.14 bits per heavy atom. The first-order valence-electron chi connectivity index (χ1n) is 8.14. The lowest BCUT2D eigenvalue weighted by atomic mass is 10.1. The number of hydrogen-bond donors (Lipinski definition) is 2. The number of nitrogens with one attached hydrogen (secondary N) is 2. The van der Waals surface area contributed by atoms with Gasteiger partial charge in [0.15, 0.2) is 5.96 Å². The van der Waals surface area contributed by atoms with Crippen LogP contribution in [0.25, 0.3) is 0 Å². The van der Waals surface area contributed by atoms with Crippen molar-refractivity contribution in [3.63, 3.8) is 0 Å². The van der Waals surface area contributed by atoms with E-state index in [2.05, 4.69) is 58.6 Å². The Kier molecular flexibility index (Phi) is 6.54. The van der Waals surface area contributed by atoms with Gasteiger partial charge in [0.1, 0.15) is 0 Å². The van der Waals surface area contributed by atoms with Crippen LogP contribution in [0.2, 0.25) is 0 Å². The lowest BCUT2D eigenvalue weighted by Gasteiger charge is -2.14. The Labute approximate surface area is 128 Å². The highest BCUT2D eigenvalue weighted by Gasteiger charge is 2.11. The normalized spacial score (nSPS) is 15.0. The number of guanidine groups is 1. The third kappa shape index (κ3) is 5.38. The molecule has 0 aromatic heterocycles. The van der Waals surface area contributed by atoms with Crippen LogP contribution in [0.3, 0.4) is 0 Å². The summed E-state index contributed by atoms with van der Waals surface area (Å²) in [6.45, 7) is 10.3. The van der Waals surface area contributed by atoms with Gasteiger partial charge in [-0.05, 0) is 50.9 Å². The molecule has 1 aromatic carbocycles. The van der Waals surface area contributed by atoms with Gasteiger partial charge in [-0.15, -0.1) is 0 Å². The molecule has 0 bridgehead atoms. The maximum Gasteiger partial charge on any atom is 0.191 e. The summed E-state index contributed by atoms with van der Waals surface area (Å²) in [5, 5.41) is 6.49. The third-order valence-corrected chi connectivity index (χ3v) is 3.74. The molecule has 0 spiro atoms. The number of aliphatic imine (C=N–C) groups is 1. The molecular formula is C17H28N4. The molecule has 0 amide bonds. The van der Waals surface area contributed by atoms with Gasteiger partial charge in [-0.1, -0.05) is 24.3 Å². The van der Waals surface area contributed by atoms with E-state index in [1.165, 1.54) is 37.1 Å². The summed E-state index contributed by atoms with van der Waals surface area (Å²) in [7, 11) is 0. The second-order valence-electron chi connectivity index (χ2n) is 5.53. The maximum atomic E-state index is 4.59. The predicted molar refractivity (Wildman–Crippen MR) is 89.4 cm³/mol. The highest BCUT2D eigenvalue weighted by atomic mass is 15.2. The van der Waals surface area contributed by atoms with Gasteiger partial charge in [0.2, 0.25) is 0 Å². The molecule has 1 saturated heterocycles. The molecule has 0 atom stereocenters. The third-order valence-electron chi connectivity index (χ3n) is 3.74. The minimum atomic E-state index is 0.722. The molecule has 116 valence electrons. The molecule has 1 fully saturated rings. The fourth-order valence-corrected chi connectivity index (χ4v) is 2.63. The van der Waals surface area contributed by atoms with Crippen LogP contribution in [0.4, 0.5) is 0 Å². The second kappa shape index (κ2) is 8.67. The van der Waals surface area contributed by atoms with Gasteiger partial charge < -0.3 is 10.6 Å². The number of nitrogens with zero attached hydrogens (tertiary/aromatic N) is 2. The van der Waals surface area contributed by atoms with Crippen molar-refractivity contribution >= 4 is 5.96 Å². The summed E-state index contributed by atoms with van der Waals surface area (Å²) in [5.74, 6) is 0.890. The number of benzene rings is 1. The average Bonchev–Trinajstić information content (AvgIpc) is 3.00. The molecule has 4 nitrogen and oxygen atoms in total. The van der Waals surface area contributed by atoms with Crippen LogP contribution in [0.5, 0.6) is 0 Å². The van der Waals surface area contributed by atoms with E-state index in [1.54, 1.807) is 0 Å². The van der Waals surface area contributed by atoms with Crippen molar-refractivity contribution in [3.8, 4) is 0 Å². The summed E-state index contributed by atoms with van der Waals surface area (Å²) in [4.78, 5) is 7.12. The van der Waals surface area contributed by atoms with E-state index >= 15 is 0 Å². The minimum Gasteiger partial charge on any atom is -0.357 e. The molecule has 0 radical (unpaired) electrons. The molecule has 2 N–H and O–H groups in total.